The van der Waals surface area contributed by atoms with Gasteiger partial charge in [0, 0.05) is 11.5 Å². The largest absolute Gasteiger partial charge is 0.496 e. The van der Waals surface area contributed by atoms with E-state index in [1.165, 1.54) is 36.8 Å². The Morgan fingerprint density at radius 2 is 1.61 bits per heavy atom. The first-order valence-corrected chi connectivity index (χ1v) is 13.9. The molecule has 2 unspecified atom stereocenters. The first-order chi connectivity index (χ1) is 16.8. The van der Waals surface area contributed by atoms with Gasteiger partial charge in [-0.25, -0.2) is 0 Å². The molecule has 0 saturated heterocycles. The lowest BCUT2D eigenvalue weighted by Gasteiger charge is -2.59. The van der Waals surface area contributed by atoms with Gasteiger partial charge in [0.05, 0.1) is 19.6 Å². The Labute approximate surface area is 220 Å². The van der Waals surface area contributed by atoms with Gasteiger partial charge in [0.1, 0.15) is 18.1 Å². The Bertz CT molecular complexity index is 938. The van der Waals surface area contributed by atoms with Gasteiger partial charge < -0.3 is 14.2 Å². The summed E-state index contributed by atoms with van der Waals surface area (Å²) in [5.41, 5.74) is 3.30. The fourth-order valence-corrected chi connectivity index (χ4v) is 6.26. The summed E-state index contributed by atoms with van der Waals surface area (Å²) in [6, 6.07) is 4.48. The van der Waals surface area contributed by atoms with Gasteiger partial charge in [-0.05, 0) is 79.5 Å². The second kappa shape index (κ2) is 10.8. The molecule has 0 radical (unpaired) electrons. The molecule has 0 N–H and O–H groups in total. The van der Waals surface area contributed by atoms with Crippen LogP contribution in [0.4, 0.5) is 0 Å². The van der Waals surface area contributed by atoms with Crippen LogP contribution < -0.4 is 9.47 Å². The molecule has 4 heteroatoms. The summed E-state index contributed by atoms with van der Waals surface area (Å²) in [6.07, 6.45) is 9.64. The van der Waals surface area contributed by atoms with E-state index in [9.17, 15) is 4.79 Å². The van der Waals surface area contributed by atoms with Gasteiger partial charge in [-0.3, -0.25) is 4.79 Å². The molecular formula is C32H50O4. The van der Waals surface area contributed by atoms with Crippen LogP contribution in [0.1, 0.15) is 111 Å². The van der Waals surface area contributed by atoms with Gasteiger partial charge in [-0.2, -0.15) is 0 Å². The summed E-state index contributed by atoms with van der Waals surface area (Å²) in [5.74, 6) is 2.77. The van der Waals surface area contributed by atoms with E-state index in [1.807, 2.05) is 20.8 Å². The van der Waals surface area contributed by atoms with E-state index in [-0.39, 0.29) is 22.7 Å². The van der Waals surface area contributed by atoms with Gasteiger partial charge in [0.2, 0.25) is 0 Å². The van der Waals surface area contributed by atoms with Crippen LogP contribution in [0, 0.1) is 22.7 Å². The summed E-state index contributed by atoms with van der Waals surface area (Å²) in [7, 11) is 3.53. The minimum atomic E-state index is -0.502. The van der Waals surface area contributed by atoms with E-state index in [1.54, 1.807) is 14.2 Å². The molecule has 1 saturated carbocycles. The summed E-state index contributed by atoms with van der Waals surface area (Å²) in [4.78, 5) is 12.5. The second-order valence-electron chi connectivity index (χ2n) is 13.3. The Kier molecular flexibility index (Phi) is 8.57. The fraction of sp³-hybridized carbons (Fsp3) is 0.719. The Morgan fingerprint density at radius 1 is 1.00 bits per heavy atom. The third kappa shape index (κ3) is 5.63. The number of allylic oxidation sites excluding steroid dienone is 1. The average Bonchev–Trinajstić information content (AvgIpc) is 2.82. The number of carbonyl (C=O) groups is 1. The molecule has 3 aliphatic carbocycles. The van der Waals surface area contributed by atoms with E-state index in [0.29, 0.717) is 18.4 Å². The first-order valence-electron chi connectivity index (χ1n) is 13.9. The number of methoxy groups -OCH3 is 2. The van der Waals surface area contributed by atoms with Crippen molar-refractivity contribution in [3.05, 3.63) is 34.9 Å². The van der Waals surface area contributed by atoms with E-state index >= 15 is 0 Å². The molecule has 1 fully saturated rings. The third-order valence-corrected chi connectivity index (χ3v) is 8.91. The average molecular weight is 499 g/mol. The van der Waals surface area contributed by atoms with Crippen LogP contribution >= 0.6 is 0 Å². The third-order valence-electron chi connectivity index (χ3n) is 8.91. The van der Waals surface area contributed by atoms with E-state index in [0.717, 1.165) is 29.9 Å². The maximum Gasteiger partial charge on any atom is 0.311 e. The predicted octanol–water partition coefficient (Wildman–Crippen LogP) is 8.23. The predicted molar refractivity (Wildman–Crippen MR) is 148 cm³/mol. The molecular weight excluding hydrogens is 448 g/mol. The van der Waals surface area contributed by atoms with Crippen molar-refractivity contribution in [2.45, 2.75) is 105 Å². The lowest BCUT2D eigenvalue weighted by Crippen LogP contribution is -2.52. The van der Waals surface area contributed by atoms with Crippen molar-refractivity contribution in [2.24, 2.45) is 22.7 Å². The number of esters is 1. The number of fused-ring (bicyclic) bond motifs is 1. The standard InChI is InChI=1S/C32H50O4/c1-11-12-13-14-15-31(5,6)22-17-26(34-9)28(27(18-22)35-10)23-16-21(20-36-29(33)30(2,3)4)24-19-25(23)32(24,7)8/h16-18,23-25H,11-15,19-20H2,1-10H3/t23-,24?,25?/m0/s1. The molecule has 0 aliphatic heterocycles. The zero-order valence-corrected chi connectivity index (χ0v) is 24.5. The highest BCUT2D eigenvalue weighted by Gasteiger charge is 2.56. The minimum Gasteiger partial charge on any atom is -0.496 e. The molecule has 1 aromatic carbocycles. The number of hydrogen-bond donors (Lipinski definition) is 0. The molecule has 4 nitrogen and oxygen atoms in total. The molecule has 0 heterocycles. The Hall–Kier alpha value is -1.97. The molecule has 3 aliphatic rings. The highest BCUT2D eigenvalue weighted by molar-refractivity contribution is 5.75. The summed E-state index contributed by atoms with van der Waals surface area (Å²) < 4.78 is 17.9. The number of hydrogen-bond acceptors (Lipinski definition) is 4. The lowest BCUT2D eigenvalue weighted by atomic mass is 9.45. The van der Waals surface area contributed by atoms with Crippen molar-refractivity contribution in [1.82, 2.24) is 0 Å². The number of ether oxygens (including phenoxy) is 3. The maximum absolute atomic E-state index is 12.5. The second-order valence-corrected chi connectivity index (χ2v) is 13.3. The molecule has 4 rings (SSSR count). The molecule has 1 aromatic rings. The van der Waals surface area contributed by atoms with Crippen molar-refractivity contribution in [3.8, 4) is 11.5 Å². The zero-order chi connectivity index (χ0) is 26.9. The topological polar surface area (TPSA) is 44.8 Å². The number of carbonyl (C=O) groups excluding carboxylic acids is 1. The summed E-state index contributed by atoms with van der Waals surface area (Å²) in [5, 5.41) is 0. The Balaban J connectivity index is 1.96. The molecule has 36 heavy (non-hydrogen) atoms. The number of benzene rings is 1. The van der Waals surface area contributed by atoms with Gasteiger partial charge in [0.25, 0.3) is 0 Å². The molecule has 0 aromatic heterocycles. The number of unbranched alkanes of at least 4 members (excludes halogenated alkanes) is 3. The van der Waals surface area contributed by atoms with E-state index in [4.69, 9.17) is 14.2 Å². The van der Waals surface area contributed by atoms with Crippen LogP contribution in [0.15, 0.2) is 23.8 Å². The molecule has 202 valence electrons. The van der Waals surface area contributed by atoms with Crippen LogP contribution in [0.5, 0.6) is 11.5 Å². The fourth-order valence-electron chi connectivity index (χ4n) is 6.26. The minimum absolute atomic E-state index is 0.0440. The highest BCUT2D eigenvalue weighted by Crippen LogP contribution is 2.65. The number of rotatable bonds is 11. The van der Waals surface area contributed by atoms with Crippen LogP contribution in [-0.2, 0) is 14.9 Å². The Morgan fingerprint density at radius 3 is 2.11 bits per heavy atom. The van der Waals surface area contributed by atoms with Crippen molar-refractivity contribution < 1.29 is 19.0 Å². The molecule has 0 amide bonds. The van der Waals surface area contributed by atoms with Crippen LogP contribution in [-0.4, -0.2) is 26.8 Å². The zero-order valence-electron chi connectivity index (χ0n) is 24.5. The molecule has 3 atom stereocenters. The van der Waals surface area contributed by atoms with Crippen molar-refractivity contribution in [2.75, 3.05) is 20.8 Å². The van der Waals surface area contributed by atoms with E-state index < -0.39 is 5.41 Å². The lowest BCUT2D eigenvalue weighted by molar-refractivity contribution is -0.152. The van der Waals surface area contributed by atoms with Crippen LogP contribution in [0.3, 0.4) is 0 Å². The molecule has 2 bridgehead atoms. The SMILES string of the molecule is CCCCCCC(C)(C)c1cc(OC)c([C@H]2C=C(COC(=O)C(C)(C)C)C3CC2C3(C)C)c(OC)c1. The quantitative estimate of drug-likeness (QED) is 0.175. The van der Waals surface area contributed by atoms with Crippen LogP contribution in [0.2, 0.25) is 0 Å². The van der Waals surface area contributed by atoms with Crippen molar-refractivity contribution in [3.63, 3.8) is 0 Å². The van der Waals surface area contributed by atoms with Gasteiger partial charge in [0.15, 0.2) is 0 Å². The monoisotopic (exact) mass is 498 g/mol. The van der Waals surface area contributed by atoms with Gasteiger partial charge in [-0.15, -0.1) is 0 Å². The summed E-state index contributed by atoms with van der Waals surface area (Å²) >= 11 is 0. The highest BCUT2D eigenvalue weighted by atomic mass is 16.5. The van der Waals surface area contributed by atoms with Gasteiger partial charge >= 0.3 is 5.97 Å². The van der Waals surface area contributed by atoms with Crippen LogP contribution in [0.25, 0.3) is 0 Å². The smallest absolute Gasteiger partial charge is 0.311 e. The first kappa shape index (κ1) is 28.6. The van der Waals surface area contributed by atoms with Gasteiger partial charge in [-0.1, -0.05) is 66.4 Å². The summed E-state index contributed by atoms with van der Waals surface area (Å²) in [6.45, 7) is 17.7. The normalized spacial score (nSPS) is 22.9. The van der Waals surface area contributed by atoms with E-state index in [2.05, 4.69) is 52.8 Å². The van der Waals surface area contributed by atoms with Crippen molar-refractivity contribution >= 4 is 5.97 Å². The van der Waals surface area contributed by atoms with Crippen molar-refractivity contribution in [1.29, 1.82) is 0 Å². The molecule has 0 spiro atoms. The maximum atomic E-state index is 12.5.